The standard InChI is InChI=1S/C15H22N4/c1-15(2,3)13-7-5-12(6-8-13)14-11-19(18-17-14)10-4-9-16/h5-8,11H,4,9-10,16H2,1-3H3. The van der Waals surface area contributed by atoms with Gasteiger partial charge in [0, 0.05) is 12.1 Å². The van der Waals surface area contributed by atoms with Gasteiger partial charge in [0.05, 0.1) is 6.20 Å². The molecule has 0 aliphatic carbocycles. The maximum absolute atomic E-state index is 5.49. The normalized spacial score (nSPS) is 11.8. The molecule has 2 N–H and O–H groups in total. The highest BCUT2D eigenvalue weighted by Gasteiger charge is 2.13. The first-order valence-electron chi connectivity index (χ1n) is 6.72. The lowest BCUT2D eigenvalue weighted by atomic mass is 9.86. The Kier molecular flexibility index (Phi) is 4.00. The van der Waals surface area contributed by atoms with Gasteiger partial charge < -0.3 is 5.73 Å². The Bertz CT molecular complexity index is 520. The maximum Gasteiger partial charge on any atom is 0.113 e. The zero-order valence-corrected chi connectivity index (χ0v) is 11.9. The fourth-order valence-electron chi connectivity index (χ4n) is 1.93. The van der Waals surface area contributed by atoms with Gasteiger partial charge in [0.15, 0.2) is 0 Å². The zero-order chi connectivity index (χ0) is 13.9. The molecule has 0 bridgehead atoms. The zero-order valence-electron chi connectivity index (χ0n) is 11.9. The molecule has 0 unspecified atom stereocenters. The number of rotatable bonds is 4. The van der Waals surface area contributed by atoms with Gasteiger partial charge in [-0.2, -0.15) is 0 Å². The van der Waals surface area contributed by atoms with Gasteiger partial charge in [0.25, 0.3) is 0 Å². The minimum absolute atomic E-state index is 0.178. The Labute approximate surface area is 114 Å². The van der Waals surface area contributed by atoms with Gasteiger partial charge in [-0.05, 0) is 23.9 Å². The maximum atomic E-state index is 5.49. The van der Waals surface area contributed by atoms with Crippen molar-refractivity contribution in [1.82, 2.24) is 15.0 Å². The molecule has 1 aromatic heterocycles. The first kappa shape index (κ1) is 13.7. The van der Waals surface area contributed by atoms with E-state index in [1.165, 1.54) is 5.56 Å². The van der Waals surface area contributed by atoms with E-state index in [1.807, 2.05) is 10.9 Å². The molecule has 2 rings (SSSR count). The van der Waals surface area contributed by atoms with Crippen LogP contribution in [-0.2, 0) is 12.0 Å². The van der Waals surface area contributed by atoms with E-state index in [1.54, 1.807) is 0 Å². The predicted molar refractivity (Wildman–Crippen MR) is 77.8 cm³/mol. The van der Waals surface area contributed by atoms with E-state index in [9.17, 15) is 0 Å². The SMILES string of the molecule is CC(C)(C)c1ccc(-c2cn(CCCN)nn2)cc1. The Morgan fingerprint density at radius 2 is 1.84 bits per heavy atom. The second-order valence-electron chi connectivity index (χ2n) is 5.84. The first-order chi connectivity index (χ1) is 9.00. The van der Waals surface area contributed by atoms with Gasteiger partial charge in [-0.25, -0.2) is 0 Å². The average molecular weight is 258 g/mol. The lowest BCUT2D eigenvalue weighted by molar-refractivity contribution is 0.564. The number of hydrogen-bond donors (Lipinski definition) is 1. The number of hydrogen-bond acceptors (Lipinski definition) is 3. The smallest absolute Gasteiger partial charge is 0.113 e. The van der Waals surface area contributed by atoms with Crippen molar-refractivity contribution >= 4 is 0 Å². The molecule has 0 radical (unpaired) electrons. The topological polar surface area (TPSA) is 56.7 Å². The van der Waals surface area contributed by atoms with E-state index < -0.39 is 0 Å². The Hall–Kier alpha value is -1.68. The summed E-state index contributed by atoms with van der Waals surface area (Å²) in [7, 11) is 0. The van der Waals surface area contributed by atoms with E-state index in [2.05, 4.69) is 55.3 Å². The largest absolute Gasteiger partial charge is 0.330 e. The van der Waals surface area contributed by atoms with Crippen molar-refractivity contribution in [2.24, 2.45) is 5.73 Å². The molecular formula is C15H22N4. The highest BCUT2D eigenvalue weighted by molar-refractivity contribution is 5.58. The van der Waals surface area contributed by atoms with E-state index in [-0.39, 0.29) is 5.41 Å². The van der Waals surface area contributed by atoms with E-state index in [0.717, 1.165) is 24.2 Å². The molecule has 0 fully saturated rings. The molecule has 19 heavy (non-hydrogen) atoms. The molecule has 4 nitrogen and oxygen atoms in total. The highest BCUT2D eigenvalue weighted by atomic mass is 15.4. The summed E-state index contributed by atoms with van der Waals surface area (Å²) in [4.78, 5) is 0. The summed E-state index contributed by atoms with van der Waals surface area (Å²) in [5, 5.41) is 8.32. The third-order valence-corrected chi connectivity index (χ3v) is 3.18. The van der Waals surface area contributed by atoms with Crippen LogP contribution in [0.3, 0.4) is 0 Å². The molecule has 0 aliphatic heterocycles. The van der Waals surface area contributed by atoms with E-state index in [4.69, 9.17) is 5.73 Å². The molecule has 0 saturated carbocycles. The van der Waals surface area contributed by atoms with E-state index >= 15 is 0 Å². The van der Waals surface area contributed by atoms with Crippen LogP contribution in [0.25, 0.3) is 11.3 Å². The van der Waals surface area contributed by atoms with Crippen molar-refractivity contribution in [2.45, 2.75) is 39.2 Å². The molecule has 0 atom stereocenters. The summed E-state index contributed by atoms with van der Waals surface area (Å²) in [5.41, 5.74) is 9.01. The fourth-order valence-corrected chi connectivity index (χ4v) is 1.93. The van der Waals surface area contributed by atoms with Crippen LogP contribution in [0.5, 0.6) is 0 Å². The first-order valence-corrected chi connectivity index (χ1v) is 6.72. The van der Waals surface area contributed by atoms with Crippen molar-refractivity contribution in [2.75, 3.05) is 6.54 Å². The van der Waals surface area contributed by atoms with Crippen LogP contribution < -0.4 is 5.73 Å². The van der Waals surface area contributed by atoms with Crippen LogP contribution >= 0.6 is 0 Å². The quantitative estimate of drug-likeness (QED) is 0.917. The predicted octanol–water partition coefficient (Wildman–Crippen LogP) is 2.59. The van der Waals surface area contributed by atoms with Gasteiger partial charge in [0.2, 0.25) is 0 Å². The summed E-state index contributed by atoms with van der Waals surface area (Å²) >= 11 is 0. The van der Waals surface area contributed by atoms with Gasteiger partial charge in [-0.3, -0.25) is 4.68 Å². The molecule has 4 heteroatoms. The van der Waals surface area contributed by atoms with Crippen LogP contribution in [0.1, 0.15) is 32.8 Å². The lowest BCUT2D eigenvalue weighted by Gasteiger charge is -2.18. The Balaban J connectivity index is 2.16. The minimum atomic E-state index is 0.178. The third-order valence-electron chi connectivity index (χ3n) is 3.18. The Morgan fingerprint density at radius 3 is 2.42 bits per heavy atom. The molecule has 2 aromatic rings. The van der Waals surface area contributed by atoms with Crippen molar-refractivity contribution in [3.05, 3.63) is 36.0 Å². The van der Waals surface area contributed by atoms with Crippen molar-refractivity contribution in [3.8, 4) is 11.3 Å². The number of nitrogens with zero attached hydrogens (tertiary/aromatic N) is 3. The van der Waals surface area contributed by atoms with Crippen LogP contribution in [0.4, 0.5) is 0 Å². The van der Waals surface area contributed by atoms with Crippen LogP contribution in [0.15, 0.2) is 30.5 Å². The van der Waals surface area contributed by atoms with Gasteiger partial charge in [0.1, 0.15) is 5.69 Å². The molecule has 0 aliphatic rings. The highest BCUT2D eigenvalue weighted by Crippen LogP contribution is 2.25. The van der Waals surface area contributed by atoms with Crippen LogP contribution in [0.2, 0.25) is 0 Å². The monoisotopic (exact) mass is 258 g/mol. The summed E-state index contributed by atoms with van der Waals surface area (Å²) in [6, 6.07) is 8.54. The Morgan fingerprint density at radius 1 is 1.16 bits per heavy atom. The van der Waals surface area contributed by atoms with Gasteiger partial charge in [-0.15, -0.1) is 5.10 Å². The summed E-state index contributed by atoms with van der Waals surface area (Å²) in [6.45, 7) is 8.14. The second-order valence-corrected chi connectivity index (χ2v) is 5.84. The number of aromatic nitrogens is 3. The van der Waals surface area contributed by atoms with Gasteiger partial charge >= 0.3 is 0 Å². The van der Waals surface area contributed by atoms with E-state index in [0.29, 0.717) is 6.54 Å². The molecule has 0 amide bonds. The average Bonchev–Trinajstić information content (AvgIpc) is 2.84. The summed E-state index contributed by atoms with van der Waals surface area (Å²) in [6.07, 6.45) is 2.90. The molecule has 1 aromatic carbocycles. The van der Waals surface area contributed by atoms with Crippen LogP contribution in [0, 0.1) is 0 Å². The minimum Gasteiger partial charge on any atom is -0.330 e. The van der Waals surface area contributed by atoms with Gasteiger partial charge in [-0.1, -0.05) is 50.3 Å². The lowest BCUT2D eigenvalue weighted by Crippen LogP contribution is -2.10. The summed E-state index contributed by atoms with van der Waals surface area (Å²) in [5.74, 6) is 0. The molecule has 102 valence electrons. The number of benzene rings is 1. The molecule has 1 heterocycles. The second kappa shape index (κ2) is 5.53. The summed E-state index contributed by atoms with van der Waals surface area (Å²) < 4.78 is 1.85. The molecule has 0 spiro atoms. The third kappa shape index (κ3) is 3.41. The fraction of sp³-hybridized carbons (Fsp3) is 0.467. The van der Waals surface area contributed by atoms with Crippen molar-refractivity contribution < 1.29 is 0 Å². The molecular weight excluding hydrogens is 236 g/mol. The number of nitrogens with two attached hydrogens (primary N) is 1. The van der Waals surface area contributed by atoms with Crippen molar-refractivity contribution in [1.29, 1.82) is 0 Å². The number of aryl methyl sites for hydroxylation is 1. The molecule has 0 saturated heterocycles. The van der Waals surface area contributed by atoms with Crippen molar-refractivity contribution in [3.63, 3.8) is 0 Å². The van der Waals surface area contributed by atoms with Crippen LogP contribution in [-0.4, -0.2) is 21.5 Å².